The molecule has 2 heterocycles. The average Bonchev–Trinajstić information content (AvgIpc) is 2.99. The number of anilines is 1. The van der Waals surface area contributed by atoms with E-state index in [2.05, 4.69) is 50.1 Å². The van der Waals surface area contributed by atoms with Crippen molar-refractivity contribution in [2.24, 2.45) is 5.92 Å². The van der Waals surface area contributed by atoms with Crippen LogP contribution in [0.2, 0.25) is 0 Å². The van der Waals surface area contributed by atoms with Gasteiger partial charge in [0.25, 0.3) is 0 Å². The van der Waals surface area contributed by atoms with Crippen LogP contribution >= 0.6 is 15.9 Å². The molecule has 22 heavy (non-hydrogen) atoms. The van der Waals surface area contributed by atoms with Crippen LogP contribution in [-0.2, 0) is 9.47 Å². The molecule has 5 heteroatoms. The van der Waals surface area contributed by atoms with E-state index < -0.39 is 0 Å². The normalized spacial score (nSPS) is 18.3. The van der Waals surface area contributed by atoms with Crippen LogP contribution in [-0.4, -0.2) is 45.0 Å². The Morgan fingerprint density at radius 3 is 3.09 bits per heavy atom. The van der Waals surface area contributed by atoms with Crippen LogP contribution in [0.5, 0.6) is 0 Å². The highest BCUT2D eigenvalue weighted by atomic mass is 79.9. The first-order chi connectivity index (χ1) is 10.8. The van der Waals surface area contributed by atoms with E-state index in [4.69, 9.17) is 9.47 Å². The summed E-state index contributed by atoms with van der Waals surface area (Å²) in [6, 6.07) is 8.41. The fraction of sp³-hybridized carbons (Fsp3) is 0.471. The van der Waals surface area contributed by atoms with E-state index in [1.54, 1.807) is 7.11 Å². The van der Waals surface area contributed by atoms with Gasteiger partial charge in [-0.1, -0.05) is 15.9 Å². The SMILES string of the molecule is COCCOCC1CCN(c2ccnc3cc(Br)ccc23)C1. The molecule has 0 aliphatic carbocycles. The lowest BCUT2D eigenvalue weighted by Gasteiger charge is -2.20. The molecule has 0 saturated carbocycles. The van der Waals surface area contributed by atoms with Gasteiger partial charge < -0.3 is 14.4 Å². The molecule has 1 fully saturated rings. The predicted octanol–water partition coefficient (Wildman–Crippen LogP) is 3.49. The maximum absolute atomic E-state index is 5.68. The van der Waals surface area contributed by atoms with Crippen molar-refractivity contribution in [1.29, 1.82) is 0 Å². The quantitative estimate of drug-likeness (QED) is 0.734. The minimum absolute atomic E-state index is 0.593. The topological polar surface area (TPSA) is 34.6 Å². The van der Waals surface area contributed by atoms with Crippen LogP contribution in [0.4, 0.5) is 5.69 Å². The summed E-state index contributed by atoms with van der Waals surface area (Å²) in [4.78, 5) is 6.91. The Hall–Kier alpha value is -1.17. The third kappa shape index (κ3) is 3.59. The molecule has 0 spiro atoms. The number of nitrogens with zero attached hydrogens (tertiary/aromatic N) is 2. The van der Waals surface area contributed by atoms with Crippen LogP contribution in [0.1, 0.15) is 6.42 Å². The van der Waals surface area contributed by atoms with E-state index in [9.17, 15) is 0 Å². The second kappa shape index (κ2) is 7.40. The van der Waals surface area contributed by atoms with Crippen molar-refractivity contribution in [3.05, 3.63) is 34.9 Å². The number of methoxy groups -OCH3 is 1. The summed E-state index contributed by atoms with van der Waals surface area (Å²) >= 11 is 3.51. The van der Waals surface area contributed by atoms with Gasteiger partial charge in [0.15, 0.2) is 0 Å². The Bertz CT molecular complexity index is 635. The molecule has 1 aromatic heterocycles. The Kier molecular flexibility index (Phi) is 5.28. The van der Waals surface area contributed by atoms with E-state index in [1.165, 1.54) is 17.5 Å². The Morgan fingerprint density at radius 2 is 2.23 bits per heavy atom. The lowest BCUT2D eigenvalue weighted by molar-refractivity contribution is 0.0549. The van der Waals surface area contributed by atoms with Crippen LogP contribution in [0, 0.1) is 5.92 Å². The molecular formula is C17H21BrN2O2. The molecule has 1 aliphatic rings. The predicted molar refractivity (Wildman–Crippen MR) is 92.5 cm³/mol. The molecule has 2 aromatic rings. The molecule has 1 aromatic carbocycles. The van der Waals surface area contributed by atoms with Gasteiger partial charge in [0, 0.05) is 47.9 Å². The van der Waals surface area contributed by atoms with E-state index in [-0.39, 0.29) is 0 Å². The van der Waals surface area contributed by atoms with Crippen LogP contribution < -0.4 is 4.90 Å². The fourth-order valence-corrected chi connectivity index (χ4v) is 3.31. The summed E-state index contributed by atoms with van der Waals surface area (Å²) in [5.41, 5.74) is 2.31. The van der Waals surface area contributed by atoms with Crippen molar-refractivity contribution in [1.82, 2.24) is 4.98 Å². The number of fused-ring (bicyclic) bond motifs is 1. The highest BCUT2D eigenvalue weighted by Gasteiger charge is 2.24. The molecule has 118 valence electrons. The molecule has 0 radical (unpaired) electrons. The highest BCUT2D eigenvalue weighted by molar-refractivity contribution is 9.10. The second-order valence-corrected chi connectivity index (χ2v) is 6.58. The summed E-state index contributed by atoms with van der Waals surface area (Å²) in [5.74, 6) is 0.593. The minimum Gasteiger partial charge on any atom is -0.382 e. The van der Waals surface area contributed by atoms with Gasteiger partial charge in [-0.15, -0.1) is 0 Å². The Morgan fingerprint density at radius 1 is 1.32 bits per heavy atom. The third-order valence-electron chi connectivity index (χ3n) is 4.09. The van der Waals surface area contributed by atoms with Gasteiger partial charge in [0.05, 0.1) is 25.3 Å². The summed E-state index contributed by atoms with van der Waals surface area (Å²) in [7, 11) is 1.70. The first-order valence-electron chi connectivity index (χ1n) is 7.64. The Balaban J connectivity index is 1.68. The van der Waals surface area contributed by atoms with Crippen LogP contribution in [0.25, 0.3) is 10.9 Å². The zero-order valence-corrected chi connectivity index (χ0v) is 14.4. The third-order valence-corrected chi connectivity index (χ3v) is 4.59. The summed E-state index contributed by atoms with van der Waals surface area (Å²) in [6.45, 7) is 4.28. The molecule has 3 rings (SSSR count). The number of benzene rings is 1. The van der Waals surface area contributed by atoms with Crippen molar-refractivity contribution in [3.8, 4) is 0 Å². The van der Waals surface area contributed by atoms with Gasteiger partial charge in [0.2, 0.25) is 0 Å². The minimum atomic E-state index is 0.593. The largest absolute Gasteiger partial charge is 0.382 e. The van der Waals surface area contributed by atoms with Gasteiger partial charge >= 0.3 is 0 Å². The van der Waals surface area contributed by atoms with Crippen LogP contribution in [0.3, 0.4) is 0 Å². The van der Waals surface area contributed by atoms with Crippen molar-refractivity contribution in [2.45, 2.75) is 6.42 Å². The molecule has 4 nitrogen and oxygen atoms in total. The van der Waals surface area contributed by atoms with Crippen molar-refractivity contribution >= 4 is 32.5 Å². The van der Waals surface area contributed by atoms with Gasteiger partial charge in [-0.2, -0.15) is 0 Å². The van der Waals surface area contributed by atoms with E-state index >= 15 is 0 Å². The molecule has 0 bridgehead atoms. The molecule has 1 unspecified atom stereocenters. The summed E-state index contributed by atoms with van der Waals surface area (Å²) in [5, 5.41) is 1.21. The summed E-state index contributed by atoms with van der Waals surface area (Å²) < 4.78 is 11.7. The zero-order chi connectivity index (χ0) is 15.4. The number of rotatable bonds is 6. The van der Waals surface area contributed by atoms with Crippen molar-refractivity contribution in [2.75, 3.05) is 44.9 Å². The smallest absolute Gasteiger partial charge is 0.0734 e. The van der Waals surface area contributed by atoms with E-state index in [0.29, 0.717) is 19.1 Å². The van der Waals surface area contributed by atoms with Crippen molar-refractivity contribution in [3.63, 3.8) is 0 Å². The Labute approximate surface area is 139 Å². The molecule has 0 amide bonds. The van der Waals surface area contributed by atoms with E-state index in [0.717, 1.165) is 29.7 Å². The number of hydrogen-bond donors (Lipinski definition) is 0. The second-order valence-electron chi connectivity index (χ2n) is 5.66. The molecular weight excluding hydrogens is 344 g/mol. The lowest BCUT2D eigenvalue weighted by atomic mass is 10.1. The maximum Gasteiger partial charge on any atom is 0.0734 e. The van der Waals surface area contributed by atoms with Gasteiger partial charge in [-0.05, 0) is 30.7 Å². The van der Waals surface area contributed by atoms with Gasteiger partial charge in [0.1, 0.15) is 0 Å². The first kappa shape index (κ1) is 15.7. The fourth-order valence-electron chi connectivity index (χ4n) is 2.96. The molecule has 0 N–H and O–H groups in total. The zero-order valence-electron chi connectivity index (χ0n) is 12.8. The highest BCUT2D eigenvalue weighted by Crippen LogP contribution is 2.31. The average molecular weight is 365 g/mol. The first-order valence-corrected chi connectivity index (χ1v) is 8.43. The lowest BCUT2D eigenvalue weighted by Crippen LogP contribution is -2.21. The standard InChI is InChI=1S/C17H21BrN2O2/c1-21-8-9-22-12-13-5-7-20(11-13)17-4-6-19-16-10-14(18)2-3-15(16)17/h2-4,6,10,13H,5,7-9,11-12H2,1H3. The van der Waals surface area contributed by atoms with Gasteiger partial charge in [-0.3, -0.25) is 4.98 Å². The number of halogens is 1. The van der Waals surface area contributed by atoms with Crippen molar-refractivity contribution < 1.29 is 9.47 Å². The number of ether oxygens (including phenoxy) is 2. The molecule has 1 saturated heterocycles. The summed E-state index contributed by atoms with van der Waals surface area (Å²) in [6.07, 6.45) is 3.07. The monoisotopic (exact) mass is 364 g/mol. The van der Waals surface area contributed by atoms with Gasteiger partial charge in [-0.25, -0.2) is 0 Å². The molecule has 1 aliphatic heterocycles. The number of hydrogen-bond acceptors (Lipinski definition) is 4. The molecule has 1 atom stereocenters. The van der Waals surface area contributed by atoms with Crippen LogP contribution in [0.15, 0.2) is 34.9 Å². The number of pyridine rings is 1. The maximum atomic E-state index is 5.68. The number of aromatic nitrogens is 1. The van der Waals surface area contributed by atoms with E-state index in [1.807, 2.05) is 6.20 Å².